The lowest BCUT2D eigenvalue weighted by Gasteiger charge is -2.15. The van der Waals surface area contributed by atoms with Gasteiger partial charge in [-0.25, -0.2) is 0 Å². The Hall–Kier alpha value is -0.870. The highest BCUT2D eigenvalue weighted by Gasteiger charge is 2.10. The Balaban J connectivity index is 2.58. The largest absolute Gasteiger partial charge is 0.350 e. The Bertz CT molecular complexity index is 366. The molecule has 0 aliphatic rings. The first-order chi connectivity index (χ1) is 7.49. The normalized spacial score (nSPS) is 14.2. The van der Waals surface area contributed by atoms with Crippen molar-refractivity contribution in [3.63, 3.8) is 0 Å². The van der Waals surface area contributed by atoms with Crippen molar-refractivity contribution < 1.29 is 4.79 Å². The molecule has 0 saturated carbocycles. The lowest BCUT2D eigenvalue weighted by atomic mass is 10.1. The number of carbonyl (C=O) groups is 1. The molecule has 0 bridgehead atoms. The van der Waals surface area contributed by atoms with Crippen molar-refractivity contribution in [3.05, 3.63) is 34.3 Å². The van der Waals surface area contributed by atoms with Gasteiger partial charge in [-0.05, 0) is 31.5 Å². The van der Waals surface area contributed by atoms with Gasteiger partial charge >= 0.3 is 0 Å². The standard InChI is InChI=1S/C12H17BrN2O/c1-8(14)6-12(16)15-9(2)10-4-3-5-11(13)7-10/h3-5,7-9H,6,14H2,1-2H3,(H,15,16)/t8?,9-/m1/s1. The van der Waals surface area contributed by atoms with Gasteiger partial charge in [0, 0.05) is 16.9 Å². The van der Waals surface area contributed by atoms with E-state index < -0.39 is 0 Å². The molecule has 0 spiro atoms. The van der Waals surface area contributed by atoms with Crippen LogP contribution in [0.25, 0.3) is 0 Å². The second-order valence-corrected chi connectivity index (χ2v) is 4.94. The maximum Gasteiger partial charge on any atom is 0.222 e. The van der Waals surface area contributed by atoms with Gasteiger partial charge in [-0.2, -0.15) is 0 Å². The molecule has 3 N–H and O–H groups in total. The van der Waals surface area contributed by atoms with Crippen molar-refractivity contribution in [2.24, 2.45) is 5.73 Å². The molecule has 1 unspecified atom stereocenters. The summed E-state index contributed by atoms with van der Waals surface area (Å²) in [4.78, 5) is 11.5. The van der Waals surface area contributed by atoms with Crippen molar-refractivity contribution in [1.82, 2.24) is 5.32 Å². The van der Waals surface area contributed by atoms with E-state index in [0.29, 0.717) is 6.42 Å². The zero-order chi connectivity index (χ0) is 12.1. The minimum absolute atomic E-state index is 0.00347. The quantitative estimate of drug-likeness (QED) is 0.892. The van der Waals surface area contributed by atoms with Crippen molar-refractivity contribution in [1.29, 1.82) is 0 Å². The summed E-state index contributed by atoms with van der Waals surface area (Å²) < 4.78 is 1.01. The second-order valence-electron chi connectivity index (χ2n) is 4.03. The molecule has 16 heavy (non-hydrogen) atoms. The Morgan fingerprint density at radius 1 is 1.50 bits per heavy atom. The fourth-order valence-electron chi connectivity index (χ4n) is 1.45. The molecule has 0 aliphatic heterocycles. The lowest BCUT2D eigenvalue weighted by Crippen LogP contribution is -2.31. The van der Waals surface area contributed by atoms with Crippen LogP contribution in [0.2, 0.25) is 0 Å². The summed E-state index contributed by atoms with van der Waals surface area (Å²) in [5.41, 5.74) is 6.64. The van der Waals surface area contributed by atoms with Crippen LogP contribution in [0.4, 0.5) is 0 Å². The molecule has 88 valence electrons. The molecule has 0 aliphatic carbocycles. The van der Waals surface area contributed by atoms with Gasteiger partial charge in [0.15, 0.2) is 0 Å². The van der Waals surface area contributed by atoms with E-state index in [1.807, 2.05) is 38.1 Å². The van der Waals surface area contributed by atoms with E-state index in [1.54, 1.807) is 0 Å². The summed E-state index contributed by atoms with van der Waals surface area (Å²) in [5, 5.41) is 2.91. The lowest BCUT2D eigenvalue weighted by molar-refractivity contribution is -0.122. The van der Waals surface area contributed by atoms with Crippen LogP contribution >= 0.6 is 15.9 Å². The number of hydrogen-bond donors (Lipinski definition) is 2. The van der Waals surface area contributed by atoms with Gasteiger partial charge in [0.1, 0.15) is 0 Å². The van der Waals surface area contributed by atoms with Crippen LogP contribution in [0.15, 0.2) is 28.7 Å². The Labute approximate surface area is 105 Å². The molecule has 1 aromatic rings. The average molecular weight is 285 g/mol. The molecule has 0 fully saturated rings. The number of benzene rings is 1. The van der Waals surface area contributed by atoms with Gasteiger partial charge in [-0.3, -0.25) is 4.79 Å². The first-order valence-corrected chi connectivity index (χ1v) is 6.08. The molecule has 0 heterocycles. The molecule has 0 saturated heterocycles. The van der Waals surface area contributed by atoms with Crippen LogP contribution < -0.4 is 11.1 Å². The topological polar surface area (TPSA) is 55.1 Å². The van der Waals surface area contributed by atoms with Gasteiger partial charge in [0.05, 0.1) is 6.04 Å². The molecule has 0 aromatic heterocycles. The van der Waals surface area contributed by atoms with Crippen LogP contribution in [0, 0.1) is 0 Å². The molecule has 1 amide bonds. The third-order valence-electron chi connectivity index (χ3n) is 2.23. The van der Waals surface area contributed by atoms with E-state index in [-0.39, 0.29) is 18.0 Å². The number of rotatable bonds is 4. The third-order valence-corrected chi connectivity index (χ3v) is 2.73. The van der Waals surface area contributed by atoms with Crippen molar-refractivity contribution in [2.75, 3.05) is 0 Å². The van der Waals surface area contributed by atoms with Gasteiger partial charge in [-0.15, -0.1) is 0 Å². The van der Waals surface area contributed by atoms with Crippen molar-refractivity contribution in [2.45, 2.75) is 32.4 Å². The maximum atomic E-state index is 11.5. The fourth-order valence-corrected chi connectivity index (χ4v) is 1.87. The van der Waals surface area contributed by atoms with E-state index in [4.69, 9.17) is 5.73 Å². The predicted octanol–water partition coefficient (Wildman–Crippen LogP) is 2.36. The smallest absolute Gasteiger partial charge is 0.222 e. The number of halogens is 1. The van der Waals surface area contributed by atoms with Crippen LogP contribution in [-0.2, 0) is 4.79 Å². The molecule has 1 aromatic carbocycles. The zero-order valence-electron chi connectivity index (χ0n) is 9.53. The highest BCUT2D eigenvalue weighted by atomic mass is 79.9. The van der Waals surface area contributed by atoms with Gasteiger partial charge < -0.3 is 11.1 Å². The molecule has 1 rings (SSSR count). The fraction of sp³-hybridized carbons (Fsp3) is 0.417. The summed E-state index contributed by atoms with van der Waals surface area (Å²) in [5.74, 6) is -0.0116. The van der Waals surface area contributed by atoms with E-state index in [9.17, 15) is 4.79 Å². The highest BCUT2D eigenvalue weighted by molar-refractivity contribution is 9.10. The van der Waals surface area contributed by atoms with Gasteiger partial charge in [0.2, 0.25) is 5.91 Å². The Kier molecular flexibility index (Phi) is 4.96. The summed E-state index contributed by atoms with van der Waals surface area (Å²) in [7, 11) is 0. The highest BCUT2D eigenvalue weighted by Crippen LogP contribution is 2.17. The van der Waals surface area contributed by atoms with Crippen LogP contribution in [0.3, 0.4) is 0 Å². The third kappa shape index (κ3) is 4.33. The first kappa shape index (κ1) is 13.2. The molecular weight excluding hydrogens is 268 g/mol. The maximum absolute atomic E-state index is 11.5. The molecule has 3 nitrogen and oxygen atoms in total. The average Bonchev–Trinajstić information content (AvgIpc) is 2.16. The number of nitrogens with two attached hydrogens (primary N) is 1. The minimum Gasteiger partial charge on any atom is -0.350 e. The SMILES string of the molecule is CC(N)CC(=O)N[C@H](C)c1cccc(Br)c1. The van der Waals surface area contributed by atoms with E-state index in [1.165, 1.54) is 0 Å². The van der Waals surface area contributed by atoms with Gasteiger partial charge in [0.25, 0.3) is 0 Å². The molecule has 0 radical (unpaired) electrons. The van der Waals surface area contributed by atoms with E-state index >= 15 is 0 Å². The molecule has 2 atom stereocenters. The van der Waals surface area contributed by atoms with Crippen molar-refractivity contribution >= 4 is 21.8 Å². The minimum atomic E-state index is -0.102. The monoisotopic (exact) mass is 284 g/mol. The van der Waals surface area contributed by atoms with Crippen LogP contribution in [0.1, 0.15) is 31.9 Å². The van der Waals surface area contributed by atoms with Gasteiger partial charge in [-0.1, -0.05) is 28.1 Å². The number of carbonyl (C=O) groups excluding carboxylic acids is 1. The van der Waals surface area contributed by atoms with E-state index in [0.717, 1.165) is 10.0 Å². The first-order valence-electron chi connectivity index (χ1n) is 5.29. The van der Waals surface area contributed by atoms with E-state index in [2.05, 4.69) is 21.2 Å². The Morgan fingerprint density at radius 3 is 2.75 bits per heavy atom. The molecule has 4 heteroatoms. The Morgan fingerprint density at radius 2 is 2.19 bits per heavy atom. The van der Waals surface area contributed by atoms with Crippen LogP contribution in [0.5, 0.6) is 0 Å². The summed E-state index contributed by atoms with van der Waals surface area (Å²) in [6.07, 6.45) is 0.359. The van der Waals surface area contributed by atoms with Crippen LogP contribution in [-0.4, -0.2) is 11.9 Å². The predicted molar refractivity (Wildman–Crippen MR) is 69.0 cm³/mol. The number of hydrogen-bond acceptors (Lipinski definition) is 2. The summed E-state index contributed by atoms with van der Waals surface area (Å²) in [6, 6.07) is 7.80. The van der Waals surface area contributed by atoms with Crippen molar-refractivity contribution in [3.8, 4) is 0 Å². The second kappa shape index (κ2) is 6.01. The number of nitrogens with one attached hydrogen (secondary N) is 1. The number of amides is 1. The zero-order valence-corrected chi connectivity index (χ0v) is 11.1. The molecular formula is C12H17BrN2O. The summed E-state index contributed by atoms with van der Waals surface area (Å²) >= 11 is 3.40. The summed E-state index contributed by atoms with van der Waals surface area (Å²) in [6.45, 7) is 3.78.